The van der Waals surface area contributed by atoms with Gasteiger partial charge in [-0.15, -0.1) is 0 Å². The summed E-state index contributed by atoms with van der Waals surface area (Å²) >= 11 is 0. The van der Waals surface area contributed by atoms with E-state index in [1.54, 1.807) is 31.4 Å². The molecule has 1 aliphatic rings. The number of nitrogens with zero attached hydrogens (tertiary/aromatic N) is 1. The van der Waals surface area contributed by atoms with E-state index >= 15 is 0 Å². The fourth-order valence-electron chi connectivity index (χ4n) is 3.06. The number of anilines is 1. The van der Waals surface area contributed by atoms with Crippen LogP contribution in [0, 0.1) is 0 Å². The molecule has 1 N–H and O–H groups in total. The minimum atomic E-state index is -3.54. The van der Waals surface area contributed by atoms with Crippen LogP contribution in [0.25, 0.3) is 0 Å². The number of carbonyl (C=O) groups excluding carboxylic acids is 1. The summed E-state index contributed by atoms with van der Waals surface area (Å²) < 4.78 is 36.6. The van der Waals surface area contributed by atoms with Crippen LogP contribution in [0.5, 0.6) is 11.5 Å². The highest BCUT2D eigenvalue weighted by Gasteiger charge is 2.35. The van der Waals surface area contributed by atoms with Crippen LogP contribution in [0.1, 0.15) is 18.5 Å². The summed E-state index contributed by atoms with van der Waals surface area (Å²) in [6.45, 7) is 1.75. The topological polar surface area (TPSA) is 84.9 Å². The molecule has 0 saturated heterocycles. The number of hydrogen-bond acceptors (Lipinski definition) is 5. The Hall–Kier alpha value is -2.74. The average molecular weight is 390 g/mol. The predicted molar refractivity (Wildman–Crippen MR) is 103 cm³/mol. The lowest BCUT2D eigenvalue weighted by Gasteiger charge is -2.34. The molecule has 0 bridgehead atoms. The lowest BCUT2D eigenvalue weighted by molar-refractivity contribution is -0.128. The number of sulfonamides is 1. The number of ether oxygens (including phenoxy) is 2. The molecule has 8 heteroatoms. The number of carbonyl (C=O) groups is 1. The van der Waals surface area contributed by atoms with Gasteiger partial charge in [-0.05, 0) is 25.1 Å². The van der Waals surface area contributed by atoms with Crippen LogP contribution in [0.3, 0.4) is 0 Å². The van der Waals surface area contributed by atoms with Crippen molar-refractivity contribution in [3.8, 4) is 11.5 Å². The second-order valence-corrected chi connectivity index (χ2v) is 8.25. The van der Waals surface area contributed by atoms with Crippen molar-refractivity contribution in [1.29, 1.82) is 0 Å². The van der Waals surface area contributed by atoms with E-state index in [0.717, 1.165) is 11.8 Å². The molecule has 2 aromatic carbocycles. The number of hydrogen-bond donors (Lipinski definition) is 1. The third-order valence-corrected chi connectivity index (χ3v) is 5.54. The quantitative estimate of drug-likeness (QED) is 0.845. The molecule has 2 aromatic rings. The van der Waals surface area contributed by atoms with E-state index in [4.69, 9.17) is 9.47 Å². The Balaban J connectivity index is 1.81. The summed E-state index contributed by atoms with van der Waals surface area (Å²) in [5, 5.41) is 2.88. The van der Waals surface area contributed by atoms with Gasteiger partial charge in [0.05, 0.1) is 31.6 Å². The summed E-state index contributed by atoms with van der Waals surface area (Å²) in [4.78, 5) is 12.8. The molecule has 1 aliphatic heterocycles. The lowest BCUT2D eigenvalue weighted by atomic mass is 10.1. The highest BCUT2D eigenvalue weighted by Crippen LogP contribution is 2.35. The zero-order valence-corrected chi connectivity index (χ0v) is 16.2. The van der Waals surface area contributed by atoms with Crippen molar-refractivity contribution in [2.45, 2.75) is 19.1 Å². The Kier molecular flexibility index (Phi) is 5.27. The molecule has 0 aromatic heterocycles. The molecule has 0 saturated carbocycles. The van der Waals surface area contributed by atoms with Gasteiger partial charge in [0, 0.05) is 5.56 Å². The van der Waals surface area contributed by atoms with Crippen molar-refractivity contribution in [2.75, 3.05) is 24.2 Å². The smallest absolute Gasteiger partial charge is 0.263 e. The van der Waals surface area contributed by atoms with Gasteiger partial charge in [0.2, 0.25) is 10.0 Å². The number of benzene rings is 2. The van der Waals surface area contributed by atoms with Crippen LogP contribution in [-0.2, 0) is 14.8 Å². The third kappa shape index (κ3) is 4.00. The number of para-hydroxylation sites is 3. The van der Waals surface area contributed by atoms with E-state index in [-0.39, 0.29) is 12.6 Å². The van der Waals surface area contributed by atoms with E-state index in [0.29, 0.717) is 17.2 Å². The Morgan fingerprint density at radius 3 is 2.59 bits per heavy atom. The first-order valence-corrected chi connectivity index (χ1v) is 10.3. The Labute approximate surface area is 158 Å². The number of rotatable bonds is 5. The van der Waals surface area contributed by atoms with Crippen molar-refractivity contribution in [3.63, 3.8) is 0 Å². The zero-order valence-electron chi connectivity index (χ0n) is 15.4. The molecule has 1 heterocycles. The standard InChI is InChI=1S/C19H22N2O5S/c1-13(14-8-4-6-10-16(14)25-2)20-19(22)18-12-21(27(3,23)24)15-9-5-7-11-17(15)26-18/h4-11,13,18H,12H2,1-3H3,(H,20,22)/t13-,18-/m1/s1. The van der Waals surface area contributed by atoms with Gasteiger partial charge in [-0.1, -0.05) is 30.3 Å². The minimum absolute atomic E-state index is 0.0830. The maximum absolute atomic E-state index is 12.8. The van der Waals surface area contributed by atoms with Gasteiger partial charge < -0.3 is 14.8 Å². The minimum Gasteiger partial charge on any atom is -0.496 e. The lowest BCUT2D eigenvalue weighted by Crippen LogP contribution is -2.50. The highest BCUT2D eigenvalue weighted by molar-refractivity contribution is 7.92. The zero-order chi connectivity index (χ0) is 19.6. The molecule has 3 rings (SSSR count). The normalized spacial score (nSPS) is 17.4. The van der Waals surface area contributed by atoms with Crippen molar-refractivity contribution >= 4 is 21.6 Å². The summed E-state index contributed by atoms with van der Waals surface area (Å²) in [6, 6.07) is 13.8. The molecular formula is C19H22N2O5S. The molecule has 144 valence electrons. The van der Waals surface area contributed by atoms with Crippen molar-refractivity contribution in [3.05, 3.63) is 54.1 Å². The molecule has 7 nitrogen and oxygen atoms in total. The first-order valence-electron chi connectivity index (χ1n) is 8.48. The molecule has 1 amide bonds. The van der Waals surface area contributed by atoms with E-state index < -0.39 is 22.0 Å². The Morgan fingerprint density at radius 1 is 1.22 bits per heavy atom. The largest absolute Gasteiger partial charge is 0.496 e. The fourth-order valence-corrected chi connectivity index (χ4v) is 3.98. The first kappa shape index (κ1) is 19.0. The maximum atomic E-state index is 12.8. The summed E-state index contributed by atoms with van der Waals surface area (Å²) in [5.41, 5.74) is 1.26. The molecule has 27 heavy (non-hydrogen) atoms. The summed E-state index contributed by atoms with van der Waals surface area (Å²) in [6.07, 6.45) is 0.161. The molecule has 0 unspecified atom stereocenters. The van der Waals surface area contributed by atoms with Gasteiger partial charge in [-0.2, -0.15) is 0 Å². The van der Waals surface area contributed by atoms with E-state index in [9.17, 15) is 13.2 Å². The Morgan fingerprint density at radius 2 is 1.89 bits per heavy atom. The van der Waals surface area contributed by atoms with Crippen molar-refractivity contribution < 1.29 is 22.7 Å². The number of nitrogens with one attached hydrogen (secondary N) is 1. The van der Waals surface area contributed by atoms with Gasteiger partial charge in [0.1, 0.15) is 11.5 Å². The van der Waals surface area contributed by atoms with Crippen LogP contribution < -0.4 is 19.1 Å². The number of methoxy groups -OCH3 is 1. The van der Waals surface area contributed by atoms with Gasteiger partial charge in [-0.25, -0.2) is 8.42 Å². The van der Waals surface area contributed by atoms with Crippen LogP contribution in [0.2, 0.25) is 0 Å². The van der Waals surface area contributed by atoms with E-state index in [1.165, 1.54) is 4.31 Å². The molecule has 0 aliphatic carbocycles. The van der Waals surface area contributed by atoms with Crippen molar-refractivity contribution in [2.24, 2.45) is 0 Å². The summed E-state index contributed by atoms with van der Waals surface area (Å²) in [5.74, 6) is 0.633. The third-order valence-electron chi connectivity index (χ3n) is 4.39. The van der Waals surface area contributed by atoms with Gasteiger partial charge in [0.25, 0.3) is 5.91 Å². The summed E-state index contributed by atoms with van der Waals surface area (Å²) in [7, 11) is -1.98. The SMILES string of the molecule is COc1ccccc1[C@@H](C)NC(=O)[C@H]1CN(S(C)(=O)=O)c2ccccc2O1. The first-order chi connectivity index (χ1) is 12.8. The van der Waals surface area contributed by atoms with Crippen LogP contribution in [-0.4, -0.2) is 40.3 Å². The van der Waals surface area contributed by atoms with Gasteiger partial charge in [0.15, 0.2) is 6.10 Å². The molecule has 0 spiro atoms. The molecule has 0 radical (unpaired) electrons. The molecule has 2 atom stereocenters. The fraction of sp³-hybridized carbons (Fsp3) is 0.316. The number of fused-ring (bicyclic) bond motifs is 1. The maximum Gasteiger partial charge on any atom is 0.263 e. The monoisotopic (exact) mass is 390 g/mol. The molecule has 0 fully saturated rings. The van der Waals surface area contributed by atoms with Crippen LogP contribution in [0.4, 0.5) is 5.69 Å². The van der Waals surface area contributed by atoms with Gasteiger partial charge >= 0.3 is 0 Å². The second-order valence-electron chi connectivity index (χ2n) is 6.34. The van der Waals surface area contributed by atoms with Crippen LogP contribution in [0.15, 0.2) is 48.5 Å². The van der Waals surface area contributed by atoms with E-state index in [2.05, 4.69) is 5.32 Å². The van der Waals surface area contributed by atoms with Crippen molar-refractivity contribution in [1.82, 2.24) is 5.32 Å². The van der Waals surface area contributed by atoms with E-state index in [1.807, 2.05) is 31.2 Å². The average Bonchev–Trinajstić information content (AvgIpc) is 2.66. The number of amides is 1. The molecular weight excluding hydrogens is 368 g/mol. The predicted octanol–water partition coefficient (Wildman–Crippen LogP) is 2.10. The van der Waals surface area contributed by atoms with Crippen LogP contribution >= 0.6 is 0 Å². The second kappa shape index (κ2) is 7.48. The van der Waals surface area contributed by atoms with Gasteiger partial charge in [-0.3, -0.25) is 9.10 Å². The Bertz CT molecular complexity index is 945. The highest BCUT2D eigenvalue weighted by atomic mass is 32.2.